The molecular weight excluding hydrogens is 374 g/mol. The van der Waals surface area contributed by atoms with Crippen LogP contribution in [0, 0.1) is 5.41 Å². The van der Waals surface area contributed by atoms with Crippen molar-refractivity contribution in [2.75, 3.05) is 13.1 Å². The SMILES string of the molecule is N=C1C(=C(N)N)NC(=O)N1Cc1cnc(-c2cccc(CN3CCCC3)c2)s1. The van der Waals surface area contributed by atoms with Gasteiger partial charge >= 0.3 is 6.03 Å². The van der Waals surface area contributed by atoms with Gasteiger partial charge in [0.05, 0.1) is 6.54 Å². The molecule has 8 nitrogen and oxygen atoms in total. The monoisotopic (exact) mass is 397 g/mol. The number of thiazole rings is 1. The highest BCUT2D eigenvalue weighted by Gasteiger charge is 2.32. The standard InChI is InChI=1S/C19H23N7OS/c20-16(21)15-17(22)26(19(27)24-15)11-14-9-23-18(28-14)13-5-3-4-12(8-13)10-25-6-1-2-7-25/h3-5,8-9,22H,1-2,6-7,10-11,20-21H2,(H,24,27). The number of rotatable bonds is 5. The predicted molar refractivity (Wildman–Crippen MR) is 109 cm³/mol. The average Bonchev–Trinajstić information content (AvgIpc) is 3.40. The van der Waals surface area contributed by atoms with E-state index in [2.05, 4.69) is 39.5 Å². The molecule has 0 saturated carbocycles. The molecule has 0 bridgehead atoms. The molecule has 2 aromatic rings. The summed E-state index contributed by atoms with van der Waals surface area (Å²) in [5.74, 6) is -0.0896. The van der Waals surface area contributed by atoms with Crippen LogP contribution in [0.2, 0.25) is 0 Å². The lowest BCUT2D eigenvalue weighted by Gasteiger charge is -2.14. The van der Waals surface area contributed by atoms with E-state index in [0.717, 1.165) is 22.0 Å². The first-order valence-electron chi connectivity index (χ1n) is 9.20. The Morgan fingerprint density at radius 2 is 2.04 bits per heavy atom. The Balaban J connectivity index is 1.48. The van der Waals surface area contributed by atoms with Crippen LogP contribution in [0.1, 0.15) is 23.3 Å². The number of nitrogens with two attached hydrogens (primary N) is 2. The van der Waals surface area contributed by atoms with Crippen molar-refractivity contribution in [1.29, 1.82) is 5.41 Å². The highest BCUT2D eigenvalue weighted by atomic mass is 32.1. The van der Waals surface area contributed by atoms with Crippen molar-refractivity contribution in [2.24, 2.45) is 11.5 Å². The molecule has 1 aromatic carbocycles. The van der Waals surface area contributed by atoms with Crippen molar-refractivity contribution in [2.45, 2.75) is 25.9 Å². The third-order valence-electron chi connectivity index (χ3n) is 4.92. The van der Waals surface area contributed by atoms with Gasteiger partial charge in [-0.3, -0.25) is 15.2 Å². The van der Waals surface area contributed by atoms with Gasteiger partial charge < -0.3 is 16.8 Å². The number of amides is 2. The summed E-state index contributed by atoms with van der Waals surface area (Å²) in [6.07, 6.45) is 4.31. The van der Waals surface area contributed by atoms with Gasteiger partial charge in [-0.1, -0.05) is 18.2 Å². The highest BCUT2D eigenvalue weighted by Crippen LogP contribution is 2.28. The Kier molecular flexibility index (Phi) is 5.01. The first-order valence-corrected chi connectivity index (χ1v) is 10.0. The quantitative estimate of drug-likeness (QED) is 0.614. The predicted octanol–water partition coefficient (Wildman–Crippen LogP) is 1.99. The zero-order chi connectivity index (χ0) is 19.7. The molecule has 0 spiro atoms. The summed E-state index contributed by atoms with van der Waals surface area (Å²) in [4.78, 5) is 21.3. The minimum atomic E-state index is -0.407. The van der Waals surface area contributed by atoms with Crippen molar-refractivity contribution >= 4 is 23.2 Å². The van der Waals surface area contributed by atoms with Crippen LogP contribution in [0.25, 0.3) is 10.6 Å². The second-order valence-corrected chi connectivity index (χ2v) is 8.13. The lowest BCUT2D eigenvalue weighted by atomic mass is 10.1. The van der Waals surface area contributed by atoms with E-state index in [9.17, 15) is 4.79 Å². The van der Waals surface area contributed by atoms with Crippen LogP contribution in [0.3, 0.4) is 0 Å². The van der Waals surface area contributed by atoms with Crippen molar-refractivity contribution in [1.82, 2.24) is 20.1 Å². The van der Waals surface area contributed by atoms with Crippen LogP contribution in [-0.4, -0.2) is 39.7 Å². The van der Waals surface area contributed by atoms with Gasteiger partial charge in [0.25, 0.3) is 0 Å². The molecule has 6 N–H and O–H groups in total. The van der Waals surface area contributed by atoms with E-state index in [4.69, 9.17) is 16.9 Å². The molecule has 28 heavy (non-hydrogen) atoms. The van der Waals surface area contributed by atoms with E-state index in [-0.39, 0.29) is 23.9 Å². The van der Waals surface area contributed by atoms with E-state index in [1.807, 2.05) is 0 Å². The van der Waals surface area contributed by atoms with Crippen molar-refractivity contribution in [3.8, 4) is 10.6 Å². The summed E-state index contributed by atoms with van der Waals surface area (Å²) in [5.41, 5.74) is 13.6. The summed E-state index contributed by atoms with van der Waals surface area (Å²) in [6.45, 7) is 3.55. The van der Waals surface area contributed by atoms with Gasteiger partial charge in [0.2, 0.25) is 0 Å². The van der Waals surface area contributed by atoms with Gasteiger partial charge in [-0.05, 0) is 37.6 Å². The number of hydrogen-bond acceptors (Lipinski definition) is 7. The highest BCUT2D eigenvalue weighted by molar-refractivity contribution is 7.15. The molecule has 0 radical (unpaired) electrons. The number of urea groups is 1. The third-order valence-corrected chi connectivity index (χ3v) is 5.95. The van der Waals surface area contributed by atoms with Crippen molar-refractivity contribution in [3.05, 3.63) is 52.4 Å². The van der Waals surface area contributed by atoms with Crippen LogP contribution < -0.4 is 16.8 Å². The fourth-order valence-corrected chi connectivity index (χ4v) is 4.40. The molecule has 2 aliphatic heterocycles. The van der Waals surface area contributed by atoms with Crippen LogP contribution >= 0.6 is 11.3 Å². The number of nitrogens with one attached hydrogen (secondary N) is 2. The van der Waals surface area contributed by atoms with Gasteiger partial charge in [-0.15, -0.1) is 11.3 Å². The van der Waals surface area contributed by atoms with Crippen molar-refractivity contribution < 1.29 is 4.79 Å². The molecular formula is C19H23N7OS. The summed E-state index contributed by atoms with van der Waals surface area (Å²) in [7, 11) is 0. The fraction of sp³-hybridized carbons (Fsp3) is 0.316. The van der Waals surface area contributed by atoms with Crippen LogP contribution in [0.4, 0.5) is 4.79 Å². The summed E-state index contributed by atoms with van der Waals surface area (Å²) >= 11 is 1.52. The first-order chi connectivity index (χ1) is 13.5. The van der Waals surface area contributed by atoms with Crippen molar-refractivity contribution in [3.63, 3.8) is 0 Å². The third kappa shape index (κ3) is 3.71. The Morgan fingerprint density at radius 1 is 1.25 bits per heavy atom. The van der Waals surface area contributed by atoms with E-state index in [1.165, 1.54) is 47.7 Å². The molecule has 2 saturated heterocycles. The average molecular weight is 398 g/mol. The fourth-order valence-electron chi connectivity index (χ4n) is 3.50. The number of carbonyl (C=O) groups is 1. The zero-order valence-corrected chi connectivity index (χ0v) is 16.3. The maximum Gasteiger partial charge on any atom is 0.328 e. The summed E-state index contributed by atoms with van der Waals surface area (Å²) in [5, 5.41) is 11.5. The number of benzene rings is 1. The molecule has 1 aromatic heterocycles. The van der Waals surface area contributed by atoms with Gasteiger partial charge in [0.15, 0.2) is 5.84 Å². The smallest absolute Gasteiger partial charge is 0.328 e. The molecule has 0 unspecified atom stereocenters. The normalized spacial score (nSPS) is 17.4. The largest absolute Gasteiger partial charge is 0.384 e. The molecule has 0 aliphatic carbocycles. The molecule has 4 rings (SSSR count). The van der Waals surface area contributed by atoms with E-state index >= 15 is 0 Å². The molecule has 0 atom stereocenters. The first kappa shape index (κ1) is 18.5. The molecule has 9 heteroatoms. The molecule has 2 fully saturated rings. The summed E-state index contributed by atoms with van der Waals surface area (Å²) in [6, 6.07) is 8.04. The minimum absolute atomic E-state index is 0.0208. The van der Waals surface area contributed by atoms with Gasteiger partial charge in [-0.2, -0.15) is 0 Å². The lowest BCUT2D eigenvalue weighted by Crippen LogP contribution is -2.29. The second-order valence-electron chi connectivity index (χ2n) is 7.01. The number of aromatic nitrogens is 1. The Hall–Kier alpha value is -2.91. The van der Waals surface area contributed by atoms with Gasteiger partial charge in [-0.25, -0.2) is 9.78 Å². The molecule has 2 aliphatic rings. The number of amidine groups is 1. The van der Waals surface area contributed by atoms with Crippen LogP contribution in [0.15, 0.2) is 42.0 Å². The molecule has 2 amide bonds. The number of nitrogens with zero attached hydrogens (tertiary/aromatic N) is 3. The van der Waals surface area contributed by atoms with E-state index in [1.54, 1.807) is 6.20 Å². The zero-order valence-electron chi connectivity index (χ0n) is 15.4. The topological polar surface area (TPSA) is 124 Å². The summed E-state index contributed by atoms with van der Waals surface area (Å²) < 4.78 is 0. The van der Waals surface area contributed by atoms with Crippen LogP contribution in [-0.2, 0) is 13.1 Å². The van der Waals surface area contributed by atoms with Gasteiger partial charge in [0, 0.05) is 23.2 Å². The number of hydrogen-bond donors (Lipinski definition) is 4. The van der Waals surface area contributed by atoms with E-state index < -0.39 is 6.03 Å². The lowest BCUT2D eigenvalue weighted by molar-refractivity contribution is 0.227. The number of likely N-dealkylation sites (tertiary alicyclic amines) is 1. The Morgan fingerprint density at radius 3 is 2.75 bits per heavy atom. The second kappa shape index (κ2) is 7.61. The maximum atomic E-state index is 12.1. The van der Waals surface area contributed by atoms with E-state index in [0.29, 0.717) is 0 Å². The maximum absolute atomic E-state index is 12.1. The molecule has 3 heterocycles. The Bertz CT molecular complexity index is 941. The Labute approximate surface area is 167 Å². The molecule has 146 valence electrons. The number of carbonyl (C=O) groups excluding carboxylic acids is 1. The van der Waals surface area contributed by atoms with Gasteiger partial charge in [0.1, 0.15) is 16.5 Å². The van der Waals surface area contributed by atoms with Crippen LogP contribution in [0.5, 0.6) is 0 Å². The minimum Gasteiger partial charge on any atom is -0.384 e.